The molecule has 1 aromatic heterocycles. The highest BCUT2D eigenvalue weighted by atomic mass is 16.5. The molecule has 0 aliphatic rings. The molecule has 1 aromatic carbocycles. The molecule has 2 N–H and O–H groups in total. The van der Waals surface area contributed by atoms with E-state index in [-0.39, 0.29) is 24.7 Å². The maximum Gasteiger partial charge on any atom is 0.268 e. The molecule has 20 heavy (non-hydrogen) atoms. The summed E-state index contributed by atoms with van der Waals surface area (Å²) in [5, 5.41) is 0. The predicted octanol–water partition coefficient (Wildman–Crippen LogP) is 2.62. The van der Waals surface area contributed by atoms with E-state index in [1.165, 1.54) is 20.4 Å². The Labute approximate surface area is 118 Å². The van der Waals surface area contributed by atoms with E-state index in [4.69, 9.17) is 15.2 Å². The van der Waals surface area contributed by atoms with Gasteiger partial charge in [0.2, 0.25) is 5.75 Å². The molecule has 0 saturated heterocycles. The van der Waals surface area contributed by atoms with Gasteiger partial charge in [-0.1, -0.05) is 12.1 Å². The first-order valence-electron chi connectivity index (χ1n) is 5.97. The molecular formula is C14H17N3O3. The van der Waals surface area contributed by atoms with Crippen LogP contribution in [0.1, 0.15) is 24.3 Å². The number of methoxy groups -OCH3 is 1. The second-order valence-corrected chi connectivity index (χ2v) is 4.24. The van der Waals surface area contributed by atoms with E-state index in [0.29, 0.717) is 11.3 Å². The van der Waals surface area contributed by atoms with E-state index in [0.717, 1.165) is 5.56 Å². The zero-order chi connectivity index (χ0) is 14.7. The van der Waals surface area contributed by atoms with Crippen LogP contribution in [0.2, 0.25) is 0 Å². The molecular weight excluding hydrogens is 258 g/mol. The van der Waals surface area contributed by atoms with E-state index in [1.807, 2.05) is 13.0 Å². The normalized spacial score (nSPS) is 10.2. The Morgan fingerprint density at radius 3 is 2.75 bits per heavy atom. The molecule has 6 heteroatoms. The van der Waals surface area contributed by atoms with Gasteiger partial charge in [-0.3, -0.25) is 4.79 Å². The van der Waals surface area contributed by atoms with E-state index >= 15 is 0 Å². The van der Waals surface area contributed by atoms with Crippen molar-refractivity contribution < 1.29 is 15.7 Å². The lowest BCUT2D eigenvalue weighted by molar-refractivity contribution is 0.101. The summed E-state index contributed by atoms with van der Waals surface area (Å²) >= 11 is 0. The average molecular weight is 275 g/mol. The van der Waals surface area contributed by atoms with Gasteiger partial charge in [0.05, 0.1) is 7.11 Å². The van der Waals surface area contributed by atoms with Crippen molar-refractivity contribution in [2.45, 2.75) is 13.8 Å². The second-order valence-electron chi connectivity index (χ2n) is 4.24. The summed E-state index contributed by atoms with van der Waals surface area (Å²) in [5.41, 5.74) is 7.12. The van der Waals surface area contributed by atoms with Crippen molar-refractivity contribution in [2.75, 3.05) is 12.8 Å². The van der Waals surface area contributed by atoms with Crippen LogP contribution in [-0.2, 0) is 0 Å². The number of carbonyl (C=O) groups excluding carboxylic acids is 1. The maximum absolute atomic E-state index is 11.4. The molecule has 0 atom stereocenters. The lowest BCUT2D eigenvalue weighted by Crippen LogP contribution is -2.01. The smallest absolute Gasteiger partial charge is 0.268 e. The van der Waals surface area contributed by atoms with Crippen molar-refractivity contribution in [3.05, 3.63) is 35.7 Å². The molecule has 0 radical (unpaired) electrons. The van der Waals surface area contributed by atoms with Gasteiger partial charge in [0, 0.05) is 6.99 Å². The number of ether oxygens (including phenoxy) is 2. The molecule has 2 aromatic rings. The van der Waals surface area contributed by atoms with E-state index in [9.17, 15) is 4.79 Å². The SMILES string of the molecule is COc1c(N)ncnc1Oc1cc(C(C)=O)ccc1C.[HH]. The van der Waals surface area contributed by atoms with E-state index in [2.05, 4.69) is 9.97 Å². The Balaban J connectivity index is 0.00000220. The molecule has 1 heterocycles. The first kappa shape index (κ1) is 13.8. The number of nitrogen functional groups attached to an aromatic ring is 1. The fourth-order valence-electron chi connectivity index (χ4n) is 1.67. The molecule has 2 rings (SSSR count). The number of nitrogens with zero attached hydrogens (tertiary/aromatic N) is 2. The lowest BCUT2D eigenvalue weighted by atomic mass is 10.1. The van der Waals surface area contributed by atoms with Crippen molar-refractivity contribution in [1.82, 2.24) is 9.97 Å². The summed E-state index contributed by atoms with van der Waals surface area (Å²) in [6.07, 6.45) is 1.29. The molecule has 0 fully saturated rings. The van der Waals surface area contributed by atoms with Gasteiger partial charge in [0.25, 0.3) is 5.88 Å². The number of aromatic nitrogens is 2. The van der Waals surface area contributed by atoms with E-state index < -0.39 is 0 Å². The van der Waals surface area contributed by atoms with Crippen LogP contribution in [-0.4, -0.2) is 22.9 Å². The third kappa shape index (κ3) is 2.69. The Morgan fingerprint density at radius 1 is 1.35 bits per heavy atom. The van der Waals surface area contributed by atoms with Gasteiger partial charge in [-0.05, 0) is 25.5 Å². The molecule has 0 aliphatic heterocycles. The standard InChI is InChI=1S/C14H15N3O3.H2/c1-8-4-5-10(9(2)18)6-11(8)20-14-12(19-3)13(15)16-7-17-14;/h4-7H,1-3H3,(H2,15,16,17);1H. The minimum absolute atomic E-state index is 0. The van der Waals surface area contributed by atoms with Crippen LogP contribution in [0.25, 0.3) is 0 Å². The minimum Gasteiger partial charge on any atom is -0.489 e. The Morgan fingerprint density at radius 2 is 2.10 bits per heavy atom. The van der Waals surface area contributed by atoms with Crippen molar-refractivity contribution >= 4 is 11.6 Å². The van der Waals surface area contributed by atoms with Crippen LogP contribution in [0.3, 0.4) is 0 Å². The number of Topliss-reactive ketones (excluding diaryl/α,β-unsaturated/α-hetero) is 1. The van der Waals surface area contributed by atoms with Gasteiger partial charge >= 0.3 is 0 Å². The monoisotopic (exact) mass is 275 g/mol. The van der Waals surface area contributed by atoms with Crippen molar-refractivity contribution in [2.24, 2.45) is 0 Å². The summed E-state index contributed by atoms with van der Waals surface area (Å²) in [5.74, 6) is 1.15. The third-order valence-corrected chi connectivity index (χ3v) is 2.80. The highest BCUT2D eigenvalue weighted by Gasteiger charge is 2.14. The Kier molecular flexibility index (Phi) is 3.84. The molecule has 106 valence electrons. The summed E-state index contributed by atoms with van der Waals surface area (Å²) in [7, 11) is 1.46. The average Bonchev–Trinajstić information content (AvgIpc) is 2.41. The van der Waals surface area contributed by atoms with Crippen LogP contribution in [0.5, 0.6) is 17.4 Å². The van der Waals surface area contributed by atoms with Crippen molar-refractivity contribution in [3.63, 3.8) is 0 Å². The number of rotatable bonds is 4. The lowest BCUT2D eigenvalue weighted by Gasteiger charge is -2.12. The van der Waals surface area contributed by atoms with Gasteiger partial charge in [-0.25, -0.2) is 4.98 Å². The number of hydrogen-bond acceptors (Lipinski definition) is 6. The van der Waals surface area contributed by atoms with Gasteiger partial charge in [-0.15, -0.1) is 0 Å². The molecule has 0 bridgehead atoms. The molecule has 0 amide bonds. The maximum atomic E-state index is 11.4. The largest absolute Gasteiger partial charge is 0.489 e. The fourth-order valence-corrected chi connectivity index (χ4v) is 1.67. The quantitative estimate of drug-likeness (QED) is 0.863. The predicted molar refractivity (Wildman–Crippen MR) is 76.4 cm³/mol. The highest BCUT2D eigenvalue weighted by Crippen LogP contribution is 2.34. The second kappa shape index (κ2) is 5.56. The molecule has 0 aliphatic carbocycles. The topological polar surface area (TPSA) is 87.3 Å². The summed E-state index contributed by atoms with van der Waals surface area (Å²) in [4.78, 5) is 19.2. The van der Waals surface area contributed by atoms with E-state index in [1.54, 1.807) is 12.1 Å². The Bertz CT molecular complexity index is 662. The first-order valence-corrected chi connectivity index (χ1v) is 5.97. The molecule has 0 unspecified atom stereocenters. The number of ketones is 1. The van der Waals surface area contributed by atoms with Crippen LogP contribution >= 0.6 is 0 Å². The molecule has 0 spiro atoms. The van der Waals surface area contributed by atoms with Gasteiger partial charge in [0.1, 0.15) is 12.1 Å². The Hall–Kier alpha value is -2.63. The summed E-state index contributed by atoms with van der Waals surface area (Å²) in [6.45, 7) is 3.37. The highest BCUT2D eigenvalue weighted by molar-refractivity contribution is 5.94. The fraction of sp³-hybridized carbons (Fsp3) is 0.214. The minimum atomic E-state index is -0.0379. The van der Waals surface area contributed by atoms with Gasteiger partial charge in [0.15, 0.2) is 11.6 Å². The zero-order valence-electron chi connectivity index (χ0n) is 11.5. The van der Waals surface area contributed by atoms with Crippen molar-refractivity contribution in [1.29, 1.82) is 0 Å². The zero-order valence-corrected chi connectivity index (χ0v) is 11.5. The van der Waals surface area contributed by atoms with Crippen LogP contribution in [0, 0.1) is 6.92 Å². The van der Waals surface area contributed by atoms with Gasteiger partial charge < -0.3 is 15.2 Å². The summed E-state index contributed by atoms with van der Waals surface area (Å²) in [6, 6.07) is 5.22. The summed E-state index contributed by atoms with van der Waals surface area (Å²) < 4.78 is 10.8. The van der Waals surface area contributed by atoms with Crippen LogP contribution in [0.15, 0.2) is 24.5 Å². The van der Waals surface area contributed by atoms with Crippen molar-refractivity contribution in [3.8, 4) is 17.4 Å². The number of nitrogens with two attached hydrogens (primary N) is 1. The van der Waals surface area contributed by atoms with Gasteiger partial charge in [-0.2, -0.15) is 4.98 Å². The number of carbonyl (C=O) groups is 1. The number of benzene rings is 1. The third-order valence-electron chi connectivity index (χ3n) is 2.80. The first-order chi connectivity index (χ1) is 9.52. The van der Waals surface area contributed by atoms with Crippen LogP contribution < -0.4 is 15.2 Å². The van der Waals surface area contributed by atoms with Crippen LogP contribution in [0.4, 0.5) is 5.82 Å². The number of aryl methyl sites for hydroxylation is 1. The molecule has 6 nitrogen and oxygen atoms in total. The number of anilines is 1. The molecule has 0 saturated carbocycles. The number of hydrogen-bond donors (Lipinski definition) is 1.